The van der Waals surface area contributed by atoms with E-state index < -0.39 is 5.91 Å². The minimum atomic E-state index is -0.505. The molecule has 0 saturated carbocycles. The number of aromatic nitrogens is 3. The minimum Gasteiger partial charge on any atom is -0.364 e. The van der Waals surface area contributed by atoms with Gasteiger partial charge in [-0.2, -0.15) is 5.10 Å². The molecule has 0 aliphatic heterocycles. The lowest BCUT2D eigenvalue weighted by atomic mass is 10.2. The molecule has 0 fully saturated rings. The fourth-order valence-electron chi connectivity index (χ4n) is 1.72. The molecule has 0 radical (unpaired) electrons. The lowest BCUT2D eigenvalue weighted by Gasteiger charge is -2.03. The van der Waals surface area contributed by atoms with Gasteiger partial charge in [-0.3, -0.25) is 14.3 Å². The summed E-state index contributed by atoms with van der Waals surface area (Å²) in [7, 11) is 1.73. The molecule has 0 aliphatic rings. The predicted molar refractivity (Wildman–Crippen MR) is 70.9 cm³/mol. The standard InChI is InChI=1S/C12H15N5O2/c1-7-3-10(18)9(5-14-7)12(19)15-11-8(4-13)6-17(2)16-11/h3,5-6H,4,13H2,1-2H3,(H,14,18)(H,15,16,19). The number of amides is 1. The zero-order valence-electron chi connectivity index (χ0n) is 10.7. The SMILES string of the molecule is Cc1cc(=O)c(C(=O)Nc2nn(C)cc2CN)c[nH]1. The normalized spacial score (nSPS) is 10.5. The van der Waals surface area contributed by atoms with Gasteiger partial charge in [-0.25, -0.2) is 0 Å². The Morgan fingerprint density at radius 3 is 2.95 bits per heavy atom. The number of nitrogens with two attached hydrogens (primary N) is 1. The van der Waals surface area contributed by atoms with Crippen molar-refractivity contribution in [3.8, 4) is 0 Å². The lowest BCUT2D eigenvalue weighted by molar-refractivity contribution is 0.102. The smallest absolute Gasteiger partial charge is 0.262 e. The van der Waals surface area contributed by atoms with Gasteiger partial charge in [0.15, 0.2) is 11.2 Å². The summed E-state index contributed by atoms with van der Waals surface area (Å²) in [5.41, 5.74) is 6.67. The third-order valence-electron chi connectivity index (χ3n) is 2.66. The molecule has 7 nitrogen and oxygen atoms in total. The fourth-order valence-corrected chi connectivity index (χ4v) is 1.72. The van der Waals surface area contributed by atoms with Gasteiger partial charge < -0.3 is 16.0 Å². The average molecular weight is 261 g/mol. The number of carbonyl (C=O) groups is 1. The second-order valence-corrected chi connectivity index (χ2v) is 4.23. The van der Waals surface area contributed by atoms with Gasteiger partial charge in [-0.1, -0.05) is 0 Å². The highest BCUT2D eigenvalue weighted by Crippen LogP contribution is 2.12. The van der Waals surface area contributed by atoms with Crippen LogP contribution >= 0.6 is 0 Å². The molecule has 2 heterocycles. The topological polar surface area (TPSA) is 106 Å². The number of rotatable bonds is 3. The summed E-state index contributed by atoms with van der Waals surface area (Å²) in [6, 6.07) is 1.37. The van der Waals surface area contributed by atoms with Gasteiger partial charge in [0.05, 0.1) is 0 Å². The first kappa shape index (κ1) is 13.0. The van der Waals surface area contributed by atoms with Crippen molar-refractivity contribution in [2.24, 2.45) is 12.8 Å². The number of nitrogens with zero attached hydrogens (tertiary/aromatic N) is 2. The summed E-state index contributed by atoms with van der Waals surface area (Å²) in [5.74, 6) is -0.135. The molecule has 0 unspecified atom stereocenters. The number of nitrogens with one attached hydrogen (secondary N) is 2. The maximum Gasteiger partial charge on any atom is 0.262 e. The zero-order chi connectivity index (χ0) is 14.0. The van der Waals surface area contributed by atoms with E-state index >= 15 is 0 Å². The van der Waals surface area contributed by atoms with Crippen LogP contribution < -0.4 is 16.5 Å². The summed E-state index contributed by atoms with van der Waals surface area (Å²) in [4.78, 5) is 26.5. The number of aromatic amines is 1. The van der Waals surface area contributed by atoms with Gasteiger partial charge in [0.2, 0.25) is 0 Å². The van der Waals surface area contributed by atoms with Crippen LogP contribution in [0.5, 0.6) is 0 Å². The van der Waals surface area contributed by atoms with Gasteiger partial charge in [0, 0.05) is 43.3 Å². The van der Waals surface area contributed by atoms with Crippen LogP contribution in [-0.2, 0) is 13.6 Å². The van der Waals surface area contributed by atoms with Crippen molar-refractivity contribution < 1.29 is 4.79 Å². The van der Waals surface area contributed by atoms with Crippen molar-refractivity contribution in [1.29, 1.82) is 0 Å². The van der Waals surface area contributed by atoms with Crippen molar-refractivity contribution in [3.05, 3.63) is 45.5 Å². The average Bonchev–Trinajstić information content (AvgIpc) is 2.69. The minimum absolute atomic E-state index is 0.0409. The van der Waals surface area contributed by atoms with E-state index in [-0.39, 0.29) is 17.5 Å². The largest absolute Gasteiger partial charge is 0.364 e. The molecule has 0 aromatic carbocycles. The van der Waals surface area contributed by atoms with Crippen molar-refractivity contribution in [2.75, 3.05) is 5.32 Å². The molecule has 0 aliphatic carbocycles. The summed E-state index contributed by atoms with van der Waals surface area (Å²) in [5, 5.41) is 6.67. The van der Waals surface area contributed by atoms with Crippen molar-refractivity contribution in [1.82, 2.24) is 14.8 Å². The first-order valence-corrected chi connectivity index (χ1v) is 5.74. The van der Waals surface area contributed by atoms with Crippen LogP contribution in [0, 0.1) is 6.92 Å². The maximum atomic E-state index is 12.0. The number of aryl methyl sites for hydroxylation is 2. The summed E-state index contributed by atoms with van der Waals surface area (Å²) in [6.07, 6.45) is 3.10. The van der Waals surface area contributed by atoms with Crippen LogP contribution in [0.3, 0.4) is 0 Å². The molecule has 2 aromatic heterocycles. The molecule has 4 N–H and O–H groups in total. The maximum absolute atomic E-state index is 12.0. The van der Waals surface area contributed by atoms with Gasteiger partial charge in [0.1, 0.15) is 5.56 Å². The van der Waals surface area contributed by atoms with Gasteiger partial charge in [0.25, 0.3) is 5.91 Å². The number of carbonyl (C=O) groups excluding carboxylic acids is 1. The van der Waals surface area contributed by atoms with E-state index in [4.69, 9.17) is 5.73 Å². The summed E-state index contributed by atoms with van der Waals surface area (Å²) < 4.78 is 1.55. The number of H-pyrrole nitrogens is 1. The van der Waals surface area contributed by atoms with E-state index in [2.05, 4.69) is 15.4 Å². The highest BCUT2D eigenvalue weighted by Gasteiger charge is 2.14. The number of anilines is 1. The van der Waals surface area contributed by atoms with E-state index in [1.54, 1.807) is 24.9 Å². The van der Waals surface area contributed by atoms with E-state index in [9.17, 15) is 9.59 Å². The lowest BCUT2D eigenvalue weighted by Crippen LogP contribution is -2.22. The van der Waals surface area contributed by atoms with Crippen LogP contribution in [0.2, 0.25) is 0 Å². The molecule has 0 bridgehead atoms. The predicted octanol–water partition coefficient (Wildman–Crippen LogP) is 0.128. The van der Waals surface area contributed by atoms with E-state index in [1.807, 2.05) is 0 Å². The molecule has 100 valence electrons. The molecule has 0 saturated heterocycles. The fraction of sp³-hybridized carbons (Fsp3) is 0.250. The number of hydrogen-bond acceptors (Lipinski definition) is 4. The van der Waals surface area contributed by atoms with Gasteiger partial charge >= 0.3 is 0 Å². The Morgan fingerprint density at radius 1 is 1.58 bits per heavy atom. The molecular formula is C12H15N5O2. The Kier molecular flexibility index (Phi) is 3.48. The van der Waals surface area contributed by atoms with Crippen molar-refractivity contribution in [3.63, 3.8) is 0 Å². The van der Waals surface area contributed by atoms with E-state index in [0.29, 0.717) is 17.1 Å². The van der Waals surface area contributed by atoms with Crippen molar-refractivity contribution >= 4 is 11.7 Å². The first-order valence-electron chi connectivity index (χ1n) is 5.74. The molecular weight excluding hydrogens is 246 g/mol. The first-order chi connectivity index (χ1) is 9.01. The second kappa shape index (κ2) is 5.07. The van der Waals surface area contributed by atoms with Crippen LogP contribution in [0.15, 0.2) is 23.3 Å². The Balaban J connectivity index is 2.28. The van der Waals surface area contributed by atoms with E-state index in [0.717, 1.165) is 0 Å². The van der Waals surface area contributed by atoms with Crippen LogP contribution in [-0.4, -0.2) is 20.7 Å². The quantitative estimate of drug-likeness (QED) is 0.730. The van der Waals surface area contributed by atoms with Crippen LogP contribution in [0.4, 0.5) is 5.82 Å². The highest BCUT2D eigenvalue weighted by molar-refractivity contribution is 6.03. The summed E-state index contributed by atoms with van der Waals surface area (Å²) in [6.45, 7) is 2.00. The zero-order valence-corrected chi connectivity index (χ0v) is 10.7. The third-order valence-corrected chi connectivity index (χ3v) is 2.66. The summed E-state index contributed by atoms with van der Waals surface area (Å²) >= 11 is 0. The number of pyridine rings is 1. The molecule has 7 heteroatoms. The molecule has 0 spiro atoms. The van der Waals surface area contributed by atoms with E-state index in [1.165, 1.54) is 12.3 Å². The van der Waals surface area contributed by atoms with Crippen LogP contribution in [0.25, 0.3) is 0 Å². The molecule has 19 heavy (non-hydrogen) atoms. The van der Waals surface area contributed by atoms with Crippen LogP contribution in [0.1, 0.15) is 21.6 Å². The third kappa shape index (κ3) is 2.71. The Morgan fingerprint density at radius 2 is 2.32 bits per heavy atom. The second-order valence-electron chi connectivity index (χ2n) is 4.23. The highest BCUT2D eigenvalue weighted by atomic mass is 16.2. The molecule has 2 rings (SSSR count). The van der Waals surface area contributed by atoms with Crippen molar-refractivity contribution in [2.45, 2.75) is 13.5 Å². The molecule has 2 aromatic rings. The molecule has 1 amide bonds. The Labute approximate surface area is 109 Å². The Bertz CT molecular complexity index is 671. The molecule has 0 atom stereocenters. The number of hydrogen-bond donors (Lipinski definition) is 3. The van der Waals surface area contributed by atoms with Gasteiger partial charge in [-0.15, -0.1) is 0 Å². The monoisotopic (exact) mass is 261 g/mol. The Hall–Kier alpha value is -2.41. The van der Waals surface area contributed by atoms with Gasteiger partial charge in [-0.05, 0) is 6.92 Å².